The lowest BCUT2D eigenvalue weighted by Crippen LogP contribution is -2.56. The molecule has 6 unspecified atom stereocenters. The van der Waals surface area contributed by atoms with Crippen LogP contribution in [0.15, 0.2) is 60.7 Å². The number of ether oxygens (including phenoxy) is 2. The van der Waals surface area contributed by atoms with Gasteiger partial charge in [0.1, 0.15) is 25.0 Å². The average Bonchev–Trinajstić information content (AvgIpc) is 4.20. The number of aromatic nitrogens is 8. The number of rotatable bonds is 23. The van der Waals surface area contributed by atoms with Crippen LogP contribution in [0.25, 0.3) is 0 Å². The number of nitrogens with zero attached hydrogens (tertiary/aromatic N) is 10. The number of benzene rings is 2. The van der Waals surface area contributed by atoms with Crippen molar-refractivity contribution >= 4 is 23.5 Å². The summed E-state index contributed by atoms with van der Waals surface area (Å²) in [6, 6.07) is 18.3. The Morgan fingerprint density at radius 3 is 1.72 bits per heavy atom. The minimum atomic E-state index is -0.941. The number of nitrogens with one attached hydrogen (secondary N) is 2. The minimum absolute atomic E-state index is 0.00678. The van der Waals surface area contributed by atoms with Gasteiger partial charge in [-0.2, -0.15) is 0 Å². The summed E-state index contributed by atoms with van der Waals surface area (Å²) < 4.78 is 15.7. The molecule has 4 heterocycles. The highest BCUT2D eigenvalue weighted by Gasteiger charge is 2.40. The SMILES string of the molecule is CC[C@@H](C)C(=O)NC(C(=O)N1CCCC1Cn1nnnc1Cc1ccccc1)C(C)OCC#CC#CCOC(C)C(CC(=O)[C@H](C)NC)C(=O)N1CCCC1Cn1nnnc1Cc1ccccc1. The summed E-state index contributed by atoms with van der Waals surface area (Å²) in [7, 11) is 1.72. The normalized spacial score (nSPS) is 18.3. The summed E-state index contributed by atoms with van der Waals surface area (Å²) >= 11 is 0. The third-order valence-electron chi connectivity index (χ3n) is 13.1. The van der Waals surface area contributed by atoms with Crippen molar-refractivity contribution in [3.05, 3.63) is 83.4 Å². The van der Waals surface area contributed by atoms with Gasteiger partial charge in [0, 0.05) is 38.3 Å². The highest BCUT2D eigenvalue weighted by Crippen LogP contribution is 2.26. The zero-order chi connectivity index (χ0) is 48.4. The molecule has 0 aliphatic carbocycles. The molecule has 3 amide bonds. The van der Waals surface area contributed by atoms with Crippen LogP contribution in [0, 0.1) is 35.5 Å². The molecular formula is C50H66N12O6. The van der Waals surface area contributed by atoms with Gasteiger partial charge in [-0.1, -0.05) is 86.4 Å². The molecule has 0 bridgehead atoms. The molecule has 18 heteroatoms. The van der Waals surface area contributed by atoms with Crippen molar-refractivity contribution in [2.75, 3.05) is 33.4 Å². The number of Topliss-reactive ketones (excluding diaryl/α,β-unsaturated/α-hetero) is 1. The Balaban J connectivity index is 1.04. The first kappa shape index (κ1) is 51.1. The summed E-state index contributed by atoms with van der Waals surface area (Å²) in [5, 5.41) is 30.8. The van der Waals surface area contributed by atoms with E-state index in [0.717, 1.165) is 36.8 Å². The molecule has 4 aromatic rings. The minimum Gasteiger partial charge on any atom is -0.365 e. The smallest absolute Gasteiger partial charge is 0.248 e. The molecule has 0 radical (unpaired) electrons. The number of hydrogen-bond acceptors (Lipinski definition) is 13. The monoisotopic (exact) mass is 931 g/mol. The van der Waals surface area contributed by atoms with E-state index in [0.29, 0.717) is 57.1 Å². The van der Waals surface area contributed by atoms with E-state index in [1.165, 1.54) is 0 Å². The van der Waals surface area contributed by atoms with Crippen LogP contribution in [0.3, 0.4) is 0 Å². The van der Waals surface area contributed by atoms with Gasteiger partial charge < -0.3 is 29.9 Å². The Morgan fingerprint density at radius 1 is 0.721 bits per heavy atom. The van der Waals surface area contributed by atoms with Gasteiger partial charge in [0.25, 0.3) is 0 Å². The molecule has 2 aromatic carbocycles. The number of carbonyl (C=O) groups excluding carboxylic acids is 4. The number of hydrogen-bond donors (Lipinski definition) is 2. The third-order valence-corrected chi connectivity index (χ3v) is 13.1. The fraction of sp³-hybridized carbons (Fsp3) is 0.560. The number of tetrazole rings is 2. The summed E-state index contributed by atoms with van der Waals surface area (Å²) in [5.41, 5.74) is 2.17. The van der Waals surface area contributed by atoms with Crippen LogP contribution in [-0.4, -0.2) is 143 Å². The molecule has 2 aliphatic rings. The Bertz CT molecular complexity index is 2220. The summed E-state index contributed by atoms with van der Waals surface area (Å²) in [5.74, 6) is 11.1. The second-order valence-corrected chi connectivity index (χ2v) is 17.8. The third kappa shape index (κ3) is 14.1. The van der Waals surface area contributed by atoms with Crippen LogP contribution in [0.4, 0.5) is 0 Å². The van der Waals surface area contributed by atoms with E-state index >= 15 is 0 Å². The van der Waals surface area contributed by atoms with E-state index in [1.807, 2.05) is 84.3 Å². The largest absolute Gasteiger partial charge is 0.365 e. The van der Waals surface area contributed by atoms with Gasteiger partial charge in [0.05, 0.1) is 49.3 Å². The van der Waals surface area contributed by atoms with E-state index in [9.17, 15) is 19.2 Å². The second kappa shape index (κ2) is 25.7. The lowest BCUT2D eigenvalue weighted by Gasteiger charge is -2.32. The molecule has 2 fully saturated rings. The molecule has 2 saturated heterocycles. The maximum absolute atomic E-state index is 14.3. The predicted molar refractivity (Wildman–Crippen MR) is 253 cm³/mol. The number of likely N-dealkylation sites (tertiary alicyclic amines) is 2. The maximum atomic E-state index is 14.3. The predicted octanol–water partition coefficient (Wildman–Crippen LogP) is 3.05. The van der Waals surface area contributed by atoms with Crippen LogP contribution >= 0.6 is 0 Å². The van der Waals surface area contributed by atoms with Crippen molar-refractivity contribution in [1.82, 2.24) is 60.8 Å². The van der Waals surface area contributed by atoms with Crippen molar-refractivity contribution in [2.45, 2.75) is 135 Å². The van der Waals surface area contributed by atoms with Gasteiger partial charge in [-0.3, -0.25) is 19.2 Å². The van der Waals surface area contributed by atoms with Gasteiger partial charge in [-0.15, -0.1) is 10.2 Å². The van der Waals surface area contributed by atoms with Crippen LogP contribution in [-0.2, 0) is 54.6 Å². The molecule has 2 aromatic heterocycles. The van der Waals surface area contributed by atoms with Crippen LogP contribution in [0.2, 0.25) is 0 Å². The second-order valence-electron chi connectivity index (χ2n) is 17.8. The van der Waals surface area contributed by atoms with Crippen LogP contribution in [0.1, 0.15) is 95.9 Å². The lowest BCUT2D eigenvalue weighted by molar-refractivity contribution is -0.144. The van der Waals surface area contributed by atoms with Crippen LogP contribution < -0.4 is 10.6 Å². The first-order chi connectivity index (χ1) is 33.0. The molecule has 362 valence electrons. The zero-order valence-electron chi connectivity index (χ0n) is 40.2. The molecule has 2 N–H and O–H groups in total. The fourth-order valence-corrected chi connectivity index (χ4v) is 8.55. The first-order valence-electron chi connectivity index (χ1n) is 23.8. The summed E-state index contributed by atoms with van der Waals surface area (Å²) in [6.07, 6.45) is 3.62. The van der Waals surface area contributed by atoms with E-state index in [4.69, 9.17) is 9.47 Å². The standard InChI is InChI=1S/C50H66N12O6/c1-7-35(2)48(64)52-47(50(66)60-27-19-25-42(60)34-62-46(54-56-58-62)31-40-22-14-11-15-23-40)38(5)68-29-17-9-8-16-28-67-37(4)43(32-44(63)36(3)51-6)49(65)59-26-18-24-41(59)33-61-45(53-55-57-61)30-39-20-12-10-13-21-39/h10-15,20-23,35-38,41-43,47,51H,7,18-19,24-34H2,1-6H3,(H,52,64)/t35-,36+,37?,38?,41?,42?,43?,47?/m1/s1. The molecule has 8 atom stereocenters. The molecule has 18 nitrogen and oxygen atoms in total. The Hall–Kier alpha value is -6.34. The highest BCUT2D eigenvalue weighted by molar-refractivity contribution is 5.90. The first-order valence-corrected chi connectivity index (χ1v) is 23.8. The number of likely N-dealkylation sites (N-methyl/N-ethyl adjacent to an activating group) is 1. The topological polar surface area (TPSA) is 204 Å². The Morgan fingerprint density at radius 2 is 1.22 bits per heavy atom. The lowest BCUT2D eigenvalue weighted by atomic mass is 9.92. The number of amides is 3. The fourth-order valence-electron chi connectivity index (χ4n) is 8.55. The van der Waals surface area contributed by atoms with E-state index in [1.54, 1.807) is 37.2 Å². The molecular weight excluding hydrogens is 865 g/mol. The van der Waals surface area contributed by atoms with Gasteiger partial charge in [-0.05, 0) is 104 Å². The Labute approximate surface area is 399 Å². The van der Waals surface area contributed by atoms with Gasteiger partial charge in [0.2, 0.25) is 17.7 Å². The van der Waals surface area contributed by atoms with Gasteiger partial charge >= 0.3 is 0 Å². The van der Waals surface area contributed by atoms with Crippen molar-refractivity contribution in [3.63, 3.8) is 0 Å². The van der Waals surface area contributed by atoms with Crippen molar-refractivity contribution in [2.24, 2.45) is 11.8 Å². The van der Waals surface area contributed by atoms with E-state index in [2.05, 4.69) is 65.4 Å². The quantitative estimate of drug-likeness (QED) is 0.103. The zero-order valence-corrected chi connectivity index (χ0v) is 40.2. The Kier molecular flexibility index (Phi) is 19.3. The van der Waals surface area contributed by atoms with E-state index < -0.39 is 30.2 Å². The van der Waals surface area contributed by atoms with Gasteiger partial charge in [-0.25, -0.2) is 9.36 Å². The summed E-state index contributed by atoms with van der Waals surface area (Å²) in [4.78, 5) is 58.7. The number of ketones is 1. The van der Waals surface area contributed by atoms with Crippen molar-refractivity contribution in [3.8, 4) is 23.7 Å². The number of carbonyl (C=O) groups is 4. The highest BCUT2D eigenvalue weighted by atomic mass is 16.5. The van der Waals surface area contributed by atoms with Crippen molar-refractivity contribution < 1.29 is 28.7 Å². The molecule has 2 aliphatic heterocycles. The average molecular weight is 931 g/mol. The van der Waals surface area contributed by atoms with Gasteiger partial charge in [0.15, 0.2) is 11.6 Å². The van der Waals surface area contributed by atoms with E-state index in [-0.39, 0.29) is 61.1 Å². The molecule has 68 heavy (non-hydrogen) atoms. The molecule has 0 spiro atoms. The molecule has 0 saturated carbocycles. The maximum Gasteiger partial charge on any atom is 0.248 e. The van der Waals surface area contributed by atoms with Crippen molar-refractivity contribution in [1.29, 1.82) is 0 Å². The van der Waals surface area contributed by atoms with Crippen LogP contribution in [0.5, 0.6) is 0 Å². The molecule has 6 rings (SSSR count). The summed E-state index contributed by atoms with van der Waals surface area (Å²) in [6.45, 7) is 11.0.